The van der Waals surface area contributed by atoms with Gasteiger partial charge in [0.25, 0.3) is 5.91 Å². The summed E-state index contributed by atoms with van der Waals surface area (Å²) in [5.74, 6) is 2.53. The van der Waals surface area contributed by atoms with Crippen molar-refractivity contribution in [3.8, 4) is 22.1 Å². The van der Waals surface area contributed by atoms with E-state index in [1.54, 1.807) is 17.4 Å². The summed E-state index contributed by atoms with van der Waals surface area (Å²) in [5, 5.41) is 4.82. The Labute approximate surface area is 142 Å². The van der Waals surface area contributed by atoms with Crippen LogP contribution < -0.4 is 14.8 Å². The van der Waals surface area contributed by atoms with E-state index in [-0.39, 0.29) is 12.5 Å². The Balaban J connectivity index is 1.36. The van der Waals surface area contributed by atoms with Gasteiger partial charge in [0.1, 0.15) is 18.1 Å². The number of fused-ring (bicyclic) bond motifs is 1. The van der Waals surface area contributed by atoms with Crippen LogP contribution in [0.4, 0.5) is 0 Å². The van der Waals surface area contributed by atoms with Crippen LogP contribution in [0.25, 0.3) is 10.6 Å². The minimum absolute atomic E-state index is 0.196. The van der Waals surface area contributed by atoms with Crippen LogP contribution in [-0.4, -0.2) is 18.6 Å². The molecule has 24 heavy (non-hydrogen) atoms. The molecule has 0 spiro atoms. The molecule has 122 valence electrons. The summed E-state index contributed by atoms with van der Waals surface area (Å²) in [6.07, 6.45) is -0.661. The maximum Gasteiger partial charge on any atom is 0.265 e. The van der Waals surface area contributed by atoms with Gasteiger partial charge in [-0.25, -0.2) is 0 Å². The smallest absolute Gasteiger partial charge is 0.265 e. The first kappa shape index (κ1) is 14.8. The van der Waals surface area contributed by atoms with E-state index in [2.05, 4.69) is 5.32 Å². The van der Waals surface area contributed by atoms with Crippen molar-refractivity contribution in [3.63, 3.8) is 0 Å². The molecule has 0 saturated carbocycles. The van der Waals surface area contributed by atoms with E-state index in [4.69, 9.17) is 13.9 Å². The quantitative estimate of drug-likeness (QED) is 0.789. The molecule has 1 aliphatic heterocycles. The molecule has 0 aliphatic carbocycles. The highest BCUT2D eigenvalue weighted by molar-refractivity contribution is 7.13. The molecule has 0 bridgehead atoms. The van der Waals surface area contributed by atoms with Gasteiger partial charge in [-0.3, -0.25) is 4.79 Å². The molecule has 1 atom stereocenters. The minimum Gasteiger partial charge on any atom is -0.485 e. The number of hydrogen-bond acceptors (Lipinski definition) is 5. The molecule has 3 aromatic rings. The maximum atomic E-state index is 12.3. The number of thiophene rings is 1. The van der Waals surface area contributed by atoms with Crippen molar-refractivity contribution in [3.05, 3.63) is 59.7 Å². The first-order chi connectivity index (χ1) is 11.8. The van der Waals surface area contributed by atoms with Gasteiger partial charge in [-0.1, -0.05) is 18.2 Å². The van der Waals surface area contributed by atoms with Gasteiger partial charge < -0.3 is 19.2 Å². The fraction of sp³-hybridized carbons (Fsp3) is 0.167. The Morgan fingerprint density at radius 2 is 2.00 bits per heavy atom. The van der Waals surface area contributed by atoms with E-state index in [9.17, 15) is 4.79 Å². The van der Waals surface area contributed by atoms with Crippen LogP contribution in [-0.2, 0) is 11.3 Å². The average molecular weight is 341 g/mol. The summed E-state index contributed by atoms with van der Waals surface area (Å²) < 4.78 is 17.0. The lowest BCUT2D eigenvalue weighted by atomic mass is 10.2. The van der Waals surface area contributed by atoms with E-state index in [1.165, 1.54) is 0 Å². The molecule has 1 aromatic carbocycles. The highest BCUT2D eigenvalue weighted by Crippen LogP contribution is 2.31. The second kappa shape index (κ2) is 6.41. The third kappa shape index (κ3) is 3.00. The molecular formula is C18H15NO4S. The number of amides is 1. The molecule has 0 fully saturated rings. The fourth-order valence-corrected chi connectivity index (χ4v) is 3.15. The van der Waals surface area contributed by atoms with Gasteiger partial charge >= 0.3 is 0 Å². The predicted molar refractivity (Wildman–Crippen MR) is 90.2 cm³/mol. The number of hydrogen-bond donors (Lipinski definition) is 1. The van der Waals surface area contributed by atoms with E-state index < -0.39 is 6.10 Å². The lowest BCUT2D eigenvalue weighted by Crippen LogP contribution is -2.43. The van der Waals surface area contributed by atoms with Crippen molar-refractivity contribution < 1.29 is 18.7 Å². The average Bonchev–Trinajstić information content (AvgIpc) is 3.30. The number of rotatable bonds is 4. The van der Waals surface area contributed by atoms with Crippen LogP contribution in [0.3, 0.4) is 0 Å². The standard InChI is InChI=1S/C18H15NO4S/c20-18(16-11-21-13-4-1-2-5-14(13)23-16)19-10-12-7-8-15(22-12)17-6-3-9-24-17/h1-9,16H,10-11H2,(H,19,20). The normalized spacial score (nSPS) is 15.9. The zero-order chi connectivity index (χ0) is 16.4. The Morgan fingerprint density at radius 3 is 2.83 bits per heavy atom. The van der Waals surface area contributed by atoms with Gasteiger partial charge in [0, 0.05) is 0 Å². The number of nitrogens with one attached hydrogen (secondary N) is 1. The Morgan fingerprint density at radius 1 is 1.12 bits per heavy atom. The Kier molecular flexibility index (Phi) is 3.96. The van der Waals surface area contributed by atoms with Gasteiger partial charge in [-0.2, -0.15) is 0 Å². The van der Waals surface area contributed by atoms with Crippen LogP contribution in [0.1, 0.15) is 5.76 Å². The highest BCUT2D eigenvalue weighted by atomic mass is 32.1. The first-order valence-electron chi connectivity index (χ1n) is 7.58. The van der Waals surface area contributed by atoms with Crippen molar-refractivity contribution in [1.82, 2.24) is 5.32 Å². The highest BCUT2D eigenvalue weighted by Gasteiger charge is 2.27. The monoisotopic (exact) mass is 341 g/mol. The second-order valence-electron chi connectivity index (χ2n) is 5.33. The van der Waals surface area contributed by atoms with Crippen LogP contribution in [0.5, 0.6) is 11.5 Å². The number of furan rings is 1. The zero-order valence-electron chi connectivity index (χ0n) is 12.7. The number of para-hydroxylation sites is 2. The lowest BCUT2D eigenvalue weighted by molar-refractivity contribution is -0.130. The van der Waals surface area contributed by atoms with Gasteiger partial charge in [0.2, 0.25) is 6.10 Å². The van der Waals surface area contributed by atoms with Gasteiger partial charge in [0.15, 0.2) is 11.5 Å². The van der Waals surface area contributed by atoms with Gasteiger partial charge in [-0.05, 0) is 35.7 Å². The van der Waals surface area contributed by atoms with Crippen LogP contribution in [0.2, 0.25) is 0 Å². The third-order valence-corrected chi connectivity index (χ3v) is 4.55. The topological polar surface area (TPSA) is 60.7 Å². The summed E-state index contributed by atoms with van der Waals surface area (Å²) in [6, 6.07) is 15.1. The van der Waals surface area contributed by atoms with Crippen molar-refractivity contribution in [2.24, 2.45) is 0 Å². The molecule has 1 aliphatic rings. The maximum absolute atomic E-state index is 12.3. The summed E-state index contributed by atoms with van der Waals surface area (Å²) in [6.45, 7) is 0.507. The molecule has 0 radical (unpaired) electrons. The number of carbonyl (C=O) groups excluding carboxylic acids is 1. The molecule has 4 rings (SSSR count). The Bertz CT molecular complexity index is 840. The Hall–Kier alpha value is -2.73. The van der Waals surface area contributed by atoms with Crippen molar-refractivity contribution in [2.75, 3.05) is 6.61 Å². The van der Waals surface area contributed by atoms with E-state index in [1.807, 2.05) is 47.8 Å². The van der Waals surface area contributed by atoms with Crippen LogP contribution in [0, 0.1) is 0 Å². The lowest BCUT2D eigenvalue weighted by Gasteiger charge is -2.25. The summed E-state index contributed by atoms with van der Waals surface area (Å²) >= 11 is 1.61. The first-order valence-corrected chi connectivity index (χ1v) is 8.46. The number of ether oxygens (including phenoxy) is 2. The summed E-state index contributed by atoms with van der Waals surface area (Å²) in [4.78, 5) is 13.3. The van der Waals surface area contributed by atoms with Crippen LogP contribution in [0.15, 0.2) is 58.3 Å². The number of carbonyl (C=O) groups is 1. The largest absolute Gasteiger partial charge is 0.485 e. The summed E-state index contributed by atoms with van der Waals surface area (Å²) in [5.41, 5.74) is 0. The van der Waals surface area contributed by atoms with Gasteiger partial charge in [-0.15, -0.1) is 11.3 Å². The molecule has 1 N–H and O–H groups in total. The summed E-state index contributed by atoms with van der Waals surface area (Å²) in [7, 11) is 0. The fourth-order valence-electron chi connectivity index (χ4n) is 2.46. The number of benzene rings is 1. The van der Waals surface area contributed by atoms with Crippen molar-refractivity contribution in [1.29, 1.82) is 0 Å². The van der Waals surface area contributed by atoms with E-state index in [0.717, 1.165) is 10.6 Å². The van der Waals surface area contributed by atoms with Gasteiger partial charge in [0.05, 0.1) is 11.4 Å². The molecule has 3 heterocycles. The molecular weight excluding hydrogens is 326 g/mol. The third-order valence-electron chi connectivity index (χ3n) is 3.66. The van der Waals surface area contributed by atoms with E-state index in [0.29, 0.717) is 23.8 Å². The van der Waals surface area contributed by atoms with Crippen molar-refractivity contribution >= 4 is 17.2 Å². The molecule has 2 aromatic heterocycles. The molecule has 6 heteroatoms. The molecule has 5 nitrogen and oxygen atoms in total. The molecule has 0 saturated heterocycles. The minimum atomic E-state index is -0.661. The molecule has 1 unspecified atom stereocenters. The SMILES string of the molecule is O=C(NCc1ccc(-c2cccs2)o1)C1COc2ccccc2O1. The zero-order valence-corrected chi connectivity index (χ0v) is 13.5. The van der Waals surface area contributed by atoms with Crippen LogP contribution >= 0.6 is 11.3 Å². The molecule has 1 amide bonds. The van der Waals surface area contributed by atoms with Crippen molar-refractivity contribution in [2.45, 2.75) is 12.6 Å². The van der Waals surface area contributed by atoms with E-state index >= 15 is 0 Å². The second-order valence-corrected chi connectivity index (χ2v) is 6.27. The predicted octanol–water partition coefficient (Wildman–Crippen LogP) is 3.46.